The summed E-state index contributed by atoms with van der Waals surface area (Å²) in [4.78, 5) is 0. The third kappa shape index (κ3) is 3.67. The minimum atomic E-state index is -0.590. The molecule has 0 nitrogen and oxygen atoms in total. The van der Waals surface area contributed by atoms with E-state index >= 15 is 0 Å². The van der Waals surface area contributed by atoms with Crippen LogP contribution in [-0.4, -0.2) is 0 Å². The van der Waals surface area contributed by atoms with Crippen molar-refractivity contribution in [1.29, 1.82) is 0 Å². The van der Waals surface area contributed by atoms with Gasteiger partial charge >= 0.3 is 0 Å². The molecule has 0 aromatic heterocycles. The molecule has 0 heterocycles. The van der Waals surface area contributed by atoms with E-state index in [1.165, 1.54) is 54.5 Å². The summed E-state index contributed by atoms with van der Waals surface area (Å²) in [5.74, 6) is 5.73. The number of aryl methyl sites for hydroxylation is 2. The van der Waals surface area contributed by atoms with Crippen molar-refractivity contribution < 1.29 is 8.78 Å². The van der Waals surface area contributed by atoms with Crippen LogP contribution in [0, 0.1) is 43.2 Å². The van der Waals surface area contributed by atoms with E-state index in [-0.39, 0.29) is 11.5 Å². The van der Waals surface area contributed by atoms with E-state index in [1.807, 2.05) is 0 Å². The van der Waals surface area contributed by atoms with Crippen LogP contribution in [0.3, 0.4) is 0 Å². The first-order valence-electron chi connectivity index (χ1n) is 8.58. The average molecular weight is 324 g/mol. The van der Waals surface area contributed by atoms with Crippen LogP contribution in [0.4, 0.5) is 8.78 Å². The van der Waals surface area contributed by atoms with Gasteiger partial charge in [-0.1, -0.05) is 48.4 Å². The molecule has 3 rings (SSSR count). The number of hydrogen-bond acceptors (Lipinski definition) is 0. The van der Waals surface area contributed by atoms with Gasteiger partial charge in [-0.2, -0.15) is 0 Å². The lowest BCUT2D eigenvalue weighted by atomic mass is 9.82. The monoisotopic (exact) mass is 324 g/mol. The van der Waals surface area contributed by atoms with Gasteiger partial charge in [0.15, 0.2) is 0 Å². The van der Waals surface area contributed by atoms with Crippen LogP contribution < -0.4 is 0 Å². The SMILES string of the molecule is Cc1ccc(C(C#Cc2ccc(F)cc2F)C2CCCC2)c(C)c1. The topological polar surface area (TPSA) is 0 Å². The Labute approximate surface area is 142 Å². The predicted molar refractivity (Wildman–Crippen MR) is 93.9 cm³/mol. The molecule has 1 saturated carbocycles. The van der Waals surface area contributed by atoms with E-state index < -0.39 is 11.6 Å². The van der Waals surface area contributed by atoms with Crippen molar-refractivity contribution in [3.63, 3.8) is 0 Å². The van der Waals surface area contributed by atoms with E-state index in [0.717, 1.165) is 6.07 Å². The Kier molecular flexibility index (Phi) is 5.00. The fourth-order valence-corrected chi connectivity index (χ4v) is 3.66. The van der Waals surface area contributed by atoms with Crippen molar-refractivity contribution in [2.45, 2.75) is 45.4 Å². The molecule has 2 aromatic rings. The van der Waals surface area contributed by atoms with Gasteiger partial charge < -0.3 is 0 Å². The van der Waals surface area contributed by atoms with Crippen molar-refractivity contribution in [1.82, 2.24) is 0 Å². The summed E-state index contributed by atoms with van der Waals surface area (Å²) in [6.45, 7) is 4.20. The second kappa shape index (κ2) is 7.18. The summed E-state index contributed by atoms with van der Waals surface area (Å²) in [6.07, 6.45) is 4.80. The van der Waals surface area contributed by atoms with Crippen molar-refractivity contribution >= 4 is 0 Å². The highest BCUT2D eigenvalue weighted by Crippen LogP contribution is 2.38. The fourth-order valence-electron chi connectivity index (χ4n) is 3.66. The third-order valence-corrected chi connectivity index (χ3v) is 4.93. The molecular formula is C22H22F2. The van der Waals surface area contributed by atoms with E-state index in [1.54, 1.807) is 0 Å². The van der Waals surface area contributed by atoms with E-state index in [0.29, 0.717) is 5.92 Å². The Morgan fingerprint density at radius 1 is 1.00 bits per heavy atom. The predicted octanol–water partition coefficient (Wildman–Crippen LogP) is 5.91. The maximum absolute atomic E-state index is 13.9. The lowest BCUT2D eigenvalue weighted by molar-refractivity contribution is 0.503. The Hall–Kier alpha value is -2.14. The number of hydrogen-bond donors (Lipinski definition) is 0. The fraction of sp³-hybridized carbons (Fsp3) is 0.364. The van der Waals surface area contributed by atoms with Crippen LogP contribution in [0.15, 0.2) is 36.4 Å². The standard InChI is InChI=1S/C22H22F2/c1-15-7-11-20(16(2)13-15)21(17-5-3-4-6-17)12-9-18-8-10-19(23)14-22(18)24/h7-8,10-11,13-14,17,21H,3-6H2,1-2H3. The first-order valence-corrected chi connectivity index (χ1v) is 8.58. The average Bonchev–Trinajstić information content (AvgIpc) is 3.05. The summed E-state index contributed by atoms with van der Waals surface area (Å²) in [6, 6.07) is 10.0. The van der Waals surface area contributed by atoms with Gasteiger partial charge in [0.1, 0.15) is 11.6 Å². The van der Waals surface area contributed by atoms with Gasteiger partial charge in [0.05, 0.1) is 5.56 Å². The van der Waals surface area contributed by atoms with Crippen LogP contribution in [0.25, 0.3) is 0 Å². The molecule has 1 aliphatic rings. The van der Waals surface area contributed by atoms with Crippen LogP contribution in [0.2, 0.25) is 0 Å². The minimum Gasteiger partial charge on any atom is -0.207 e. The number of benzene rings is 2. The normalized spacial score (nSPS) is 15.8. The van der Waals surface area contributed by atoms with E-state index in [2.05, 4.69) is 43.9 Å². The molecule has 0 amide bonds. The molecular weight excluding hydrogens is 302 g/mol. The molecule has 0 bridgehead atoms. The Bertz CT molecular complexity index is 789. The third-order valence-electron chi connectivity index (χ3n) is 4.93. The highest BCUT2D eigenvalue weighted by Gasteiger charge is 2.26. The summed E-state index contributed by atoms with van der Waals surface area (Å²) in [7, 11) is 0. The van der Waals surface area contributed by atoms with Gasteiger partial charge in [-0.25, -0.2) is 8.78 Å². The van der Waals surface area contributed by atoms with Gasteiger partial charge in [-0.05, 0) is 55.9 Å². The molecule has 2 heteroatoms. The van der Waals surface area contributed by atoms with Crippen molar-refractivity contribution in [2.24, 2.45) is 5.92 Å². The lowest BCUT2D eigenvalue weighted by Crippen LogP contribution is -2.10. The van der Waals surface area contributed by atoms with Crippen LogP contribution in [-0.2, 0) is 0 Å². The summed E-state index contributed by atoms with van der Waals surface area (Å²) < 4.78 is 26.9. The van der Waals surface area contributed by atoms with Crippen LogP contribution in [0.5, 0.6) is 0 Å². The first kappa shape index (κ1) is 16.7. The number of rotatable bonds is 2. The maximum Gasteiger partial charge on any atom is 0.141 e. The first-order chi connectivity index (χ1) is 11.5. The highest BCUT2D eigenvalue weighted by molar-refractivity contribution is 5.42. The molecule has 0 spiro atoms. The highest BCUT2D eigenvalue weighted by atomic mass is 19.1. The van der Waals surface area contributed by atoms with Gasteiger partial charge in [-0.15, -0.1) is 0 Å². The Balaban J connectivity index is 1.98. The van der Waals surface area contributed by atoms with E-state index in [9.17, 15) is 8.78 Å². The largest absolute Gasteiger partial charge is 0.207 e. The zero-order chi connectivity index (χ0) is 17.1. The number of halogens is 2. The molecule has 2 aromatic carbocycles. The molecule has 0 saturated heterocycles. The minimum absolute atomic E-state index is 0.109. The molecule has 1 fully saturated rings. The van der Waals surface area contributed by atoms with Gasteiger partial charge in [0, 0.05) is 12.0 Å². The molecule has 1 unspecified atom stereocenters. The summed E-state index contributed by atoms with van der Waals surface area (Å²) in [5, 5.41) is 0. The molecule has 0 aliphatic heterocycles. The Morgan fingerprint density at radius 3 is 2.42 bits per heavy atom. The molecule has 1 aliphatic carbocycles. The molecule has 24 heavy (non-hydrogen) atoms. The lowest BCUT2D eigenvalue weighted by Gasteiger charge is -2.21. The molecule has 1 atom stereocenters. The molecule has 124 valence electrons. The van der Waals surface area contributed by atoms with E-state index in [4.69, 9.17) is 0 Å². The van der Waals surface area contributed by atoms with Gasteiger partial charge in [-0.3, -0.25) is 0 Å². The van der Waals surface area contributed by atoms with Crippen molar-refractivity contribution in [3.05, 3.63) is 70.3 Å². The van der Waals surface area contributed by atoms with Crippen LogP contribution >= 0.6 is 0 Å². The zero-order valence-electron chi connectivity index (χ0n) is 14.2. The van der Waals surface area contributed by atoms with Crippen molar-refractivity contribution in [3.8, 4) is 11.8 Å². The second-order valence-corrected chi connectivity index (χ2v) is 6.78. The quantitative estimate of drug-likeness (QED) is 0.603. The van der Waals surface area contributed by atoms with Crippen LogP contribution in [0.1, 0.15) is 53.9 Å². The van der Waals surface area contributed by atoms with Gasteiger partial charge in [0.2, 0.25) is 0 Å². The smallest absolute Gasteiger partial charge is 0.141 e. The zero-order valence-corrected chi connectivity index (χ0v) is 14.2. The molecule has 0 N–H and O–H groups in total. The van der Waals surface area contributed by atoms with Gasteiger partial charge in [0.25, 0.3) is 0 Å². The summed E-state index contributed by atoms with van der Waals surface area (Å²) in [5.41, 5.74) is 3.98. The van der Waals surface area contributed by atoms with Crippen molar-refractivity contribution in [2.75, 3.05) is 0 Å². The maximum atomic E-state index is 13.9. The molecule has 0 radical (unpaired) electrons. The Morgan fingerprint density at radius 2 is 1.75 bits per heavy atom. The summed E-state index contributed by atoms with van der Waals surface area (Å²) >= 11 is 0. The second-order valence-electron chi connectivity index (χ2n) is 6.78.